The monoisotopic (exact) mass is 483 g/mol. The van der Waals surface area contributed by atoms with E-state index in [-0.39, 0.29) is 24.3 Å². The first-order valence-corrected chi connectivity index (χ1v) is 12.1. The molecule has 1 N–H and O–H groups in total. The third-order valence-corrected chi connectivity index (χ3v) is 6.71. The Morgan fingerprint density at radius 2 is 1.83 bits per heavy atom. The highest BCUT2D eigenvalue weighted by atomic mass is 16.5. The average molecular weight is 484 g/mol. The minimum absolute atomic E-state index is 0.0460. The van der Waals surface area contributed by atoms with Gasteiger partial charge in [0, 0.05) is 24.7 Å². The molecule has 1 aliphatic rings. The molecule has 4 rings (SSSR count). The van der Waals surface area contributed by atoms with E-state index in [1.165, 1.54) is 12.7 Å². The quantitative estimate of drug-likeness (QED) is 0.466. The average Bonchev–Trinajstić information content (AvgIpc) is 3.20. The molecule has 0 saturated carbocycles. The lowest BCUT2D eigenvalue weighted by molar-refractivity contribution is -0.144. The fraction of sp³-hybridized carbons (Fsp3) is 0.310. The summed E-state index contributed by atoms with van der Waals surface area (Å²) < 4.78 is 4.78. The molecule has 7 nitrogen and oxygen atoms in total. The summed E-state index contributed by atoms with van der Waals surface area (Å²) in [6, 6.07) is 22.7. The number of nitrogens with zero attached hydrogens (tertiary/aromatic N) is 2. The first-order chi connectivity index (χ1) is 17.5. The molecule has 0 spiro atoms. The Balaban J connectivity index is 1.41. The Labute approximate surface area is 210 Å². The molecule has 0 aromatic heterocycles. The number of hydrogen-bond acceptors (Lipinski definition) is 5. The zero-order chi connectivity index (χ0) is 25.5. The summed E-state index contributed by atoms with van der Waals surface area (Å²) in [5.74, 6) is -1.13. The van der Waals surface area contributed by atoms with Crippen molar-refractivity contribution in [2.45, 2.75) is 31.7 Å². The van der Waals surface area contributed by atoms with Gasteiger partial charge in [-0.2, -0.15) is 5.26 Å². The molecule has 3 aromatic carbocycles. The molecule has 0 aliphatic carbocycles. The number of carbonyl (C=O) groups is 3. The molecule has 0 unspecified atom stereocenters. The lowest BCUT2D eigenvalue weighted by atomic mass is 10.0. The predicted molar refractivity (Wildman–Crippen MR) is 136 cm³/mol. The van der Waals surface area contributed by atoms with E-state index < -0.39 is 11.9 Å². The zero-order valence-electron chi connectivity index (χ0n) is 20.3. The van der Waals surface area contributed by atoms with Crippen LogP contribution in [-0.2, 0) is 20.7 Å². The van der Waals surface area contributed by atoms with Crippen LogP contribution in [0.4, 0.5) is 0 Å². The van der Waals surface area contributed by atoms with Gasteiger partial charge in [-0.15, -0.1) is 0 Å². The number of fused-ring (bicyclic) bond motifs is 1. The molecular formula is C29H29N3O4. The summed E-state index contributed by atoms with van der Waals surface area (Å²) >= 11 is 0. The molecule has 1 saturated heterocycles. The van der Waals surface area contributed by atoms with Crippen LogP contribution in [-0.4, -0.2) is 48.9 Å². The SMILES string of the molecule is COC(=O)C[C@@H]1C[C@@H](CNC(=O)c2ccc3cc(C#N)ccc3c2)N(CCCc2ccccc2)C1=O. The van der Waals surface area contributed by atoms with Crippen molar-refractivity contribution in [1.82, 2.24) is 10.2 Å². The Bertz CT molecular complexity index is 1300. The molecule has 3 aromatic rings. The van der Waals surface area contributed by atoms with Gasteiger partial charge in [0.05, 0.1) is 31.1 Å². The molecule has 36 heavy (non-hydrogen) atoms. The van der Waals surface area contributed by atoms with E-state index in [9.17, 15) is 14.4 Å². The highest BCUT2D eigenvalue weighted by molar-refractivity contribution is 5.98. The van der Waals surface area contributed by atoms with Crippen molar-refractivity contribution in [1.29, 1.82) is 5.26 Å². The van der Waals surface area contributed by atoms with Crippen LogP contribution in [0, 0.1) is 17.2 Å². The third kappa shape index (κ3) is 5.89. The molecule has 1 heterocycles. The number of aryl methyl sites for hydroxylation is 1. The second-order valence-electron chi connectivity index (χ2n) is 9.09. The lowest BCUT2D eigenvalue weighted by Gasteiger charge is -2.25. The van der Waals surface area contributed by atoms with E-state index in [1.54, 1.807) is 29.2 Å². The van der Waals surface area contributed by atoms with E-state index in [2.05, 4.69) is 23.5 Å². The van der Waals surface area contributed by atoms with Gasteiger partial charge in [-0.1, -0.05) is 42.5 Å². The number of esters is 1. The fourth-order valence-electron chi connectivity index (χ4n) is 4.78. The van der Waals surface area contributed by atoms with Crippen molar-refractivity contribution < 1.29 is 19.1 Å². The first-order valence-electron chi connectivity index (χ1n) is 12.1. The normalized spacial score (nSPS) is 17.1. The van der Waals surface area contributed by atoms with Crippen molar-refractivity contribution in [3.05, 3.63) is 83.4 Å². The van der Waals surface area contributed by atoms with Crippen LogP contribution in [0.1, 0.15) is 40.7 Å². The number of nitrogens with one attached hydrogen (secondary N) is 1. The van der Waals surface area contributed by atoms with Crippen LogP contribution in [0.2, 0.25) is 0 Å². The molecule has 2 atom stereocenters. The molecule has 7 heteroatoms. The van der Waals surface area contributed by atoms with Crippen molar-refractivity contribution in [3.63, 3.8) is 0 Å². The molecule has 2 amide bonds. The number of carbonyl (C=O) groups excluding carboxylic acids is 3. The van der Waals surface area contributed by atoms with Gasteiger partial charge < -0.3 is 15.0 Å². The van der Waals surface area contributed by atoms with E-state index in [0.717, 1.165) is 23.6 Å². The summed E-state index contributed by atoms with van der Waals surface area (Å²) in [7, 11) is 1.32. The number of methoxy groups -OCH3 is 1. The minimum atomic E-state index is -0.439. The maximum atomic E-state index is 13.1. The first kappa shape index (κ1) is 24.9. The number of likely N-dealkylation sites (tertiary alicyclic amines) is 1. The van der Waals surface area contributed by atoms with Crippen molar-refractivity contribution in [3.8, 4) is 6.07 Å². The summed E-state index contributed by atoms with van der Waals surface area (Å²) in [5, 5.41) is 13.8. The van der Waals surface area contributed by atoms with Crippen LogP contribution < -0.4 is 5.32 Å². The van der Waals surface area contributed by atoms with E-state index in [1.807, 2.05) is 30.3 Å². The standard InChI is InChI=1S/C29H29N3O4/c1-36-27(33)17-25-16-26(32(29(25)35)13-5-8-20-6-3-2-4-7-20)19-31-28(34)24-12-11-22-14-21(18-30)9-10-23(22)15-24/h2-4,6-7,9-12,14-15,25-26H,5,8,13,16-17,19H2,1H3,(H,31,34)/t25-,26-/m0/s1. The Morgan fingerprint density at radius 3 is 2.58 bits per heavy atom. The second kappa shape index (κ2) is 11.5. The number of benzene rings is 3. The van der Waals surface area contributed by atoms with Crippen LogP contribution in [0.3, 0.4) is 0 Å². The van der Waals surface area contributed by atoms with Gasteiger partial charge in [-0.05, 0) is 59.9 Å². The number of nitriles is 1. The van der Waals surface area contributed by atoms with Gasteiger partial charge in [-0.3, -0.25) is 14.4 Å². The highest BCUT2D eigenvalue weighted by Crippen LogP contribution is 2.28. The van der Waals surface area contributed by atoms with Crippen LogP contribution in [0.15, 0.2) is 66.7 Å². The summed E-state index contributed by atoms with van der Waals surface area (Å²) in [4.78, 5) is 39.7. The number of amides is 2. The van der Waals surface area contributed by atoms with Gasteiger partial charge in [0.15, 0.2) is 0 Å². The topological polar surface area (TPSA) is 99.5 Å². The maximum absolute atomic E-state index is 13.1. The molecule has 1 fully saturated rings. The molecule has 1 aliphatic heterocycles. The van der Waals surface area contributed by atoms with Crippen molar-refractivity contribution in [2.24, 2.45) is 5.92 Å². The van der Waals surface area contributed by atoms with Crippen LogP contribution in [0.25, 0.3) is 10.8 Å². The van der Waals surface area contributed by atoms with Crippen molar-refractivity contribution in [2.75, 3.05) is 20.2 Å². The fourth-order valence-corrected chi connectivity index (χ4v) is 4.78. The third-order valence-electron chi connectivity index (χ3n) is 6.71. The minimum Gasteiger partial charge on any atom is -0.469 e. The molecule has 0 bridgehead atoms. The Morgan fingerprint density at radius 1 is 1.08 bits per heavy atom. The predicted octanol–water partition coefficient (Wildman–Crippen LogP) is 3.85. The summed E-state index contributed by atoms with van der Waals surface area (Å²) in [5.41, 5.74) is 2.29. The second-order valence-corrected chi connectivity index (χ2v) is 9.09. The molecule has 0 radical (unpaired) electrons. The smallest absolute Gasteiger partial charge is 0.306 e. The van der Waals surface area contributed by atoms with Gasteiger partial charge in [0.2, 0.25) is 5.91 Å². The van der Waals surface area contributed by atoms with E-state index in [4.69, 9.17) is 10.00 Å². The van der Waals surface area contributed by atoms with Gasteiger partial charge in [-0.25, -0.2) is 0 Å². The van der Waals surface area contributed by atoms with Crippen molar-refractivity contribution >= 4 is 28.6 Å². The number of rotatable bonds is 9. The Kier molecular flexibility index (Phi) is 7.96. The molecular weight excluding hydrogens is 454 g/mol. The number of ether oxygens (including phenoxy) is 1. The largest absolute Gasteiger partial charge is 0.469 e. The zero-order valence-corrected chi connectivity index (χ0v) is 20.3. The maximum Gasteiger partial charge on any atom is 0.306 e. The summed E-state index contributed by atoms with van der Waals surface area (Å²) in [6.45, 7) is 0.863. The highest BCUT2D eigenvalue weighted by Gasteiger charge is 2.40. The Hall–Kier alpha value is -4.18. The van der Waals surface area contributed by atoms with E-state index in [0.29, 0.717) is 30.6 Å². The molecule has 184 valence electrons. The van der Waals surface area contributed by atoms with Gasteiger partial charge >= 0.3 is 5.97 Å². The van der Waals surface area contributed by atoms with Crippen LogP contribution >= 0.6 is 0 Å². The van der Waals surface area contributed by atoms with Gasteiger partial charge in [0.25, 0.3) is 5.91 Å². The van der Waals surface area contributed by atoms with E-state index >= 15 is 0 Å². The number of hydrogen-bond donors (Lipinski definition) is 1. The lowest BCUT2D eigenvalue weighted by Crippen LogP contribution is -2.42. The van der Waals surface area contributed by atoms with Gasteiger partial charge in [0.1, 0.15) is 0 Å². The summed E-state index contributed by atoms with van der Waals surface area (Å²) in [6.07, 6.45) is 2.18. The van der Waals surface area contributed by atoms with Crippen LogP contribution in [0.5, 0.6) is 0 Å².